The van der Waals surface area contributed by atoms with Crippen molar-refractivity contribution in [1.29, 1.82) is 0 Å². The fourth-order valence-electron chi connectivity index (χ4n) is 1.99. The van der Waals surface area contributed by atoms with Gasteiger partial charge in [-0.1, -0.05) is 54.1 Å². The maximum absolute atomic E-state index is 5.91. The zero-order valence-corrected chi connectivity index (χ0v) is 10.8. The van der Waals surface area contributed by atoms with Crippen molar-refractivity contribution < 1.29 is 0 Å². The second kappa shape index (κ2) is 4.52. The van der Waals surface area contributed by atoms with E-state index in [9.17, 15) is 0 Å². The van der Waals surface area contributed by atoms with E-state index in [1.54, 1.807) is 6.08 Å². The van der Waals surface area contributed by atoms with Crippen LogP contribution in [0.5, 0.6) is 0 Å². The van der Waals surface area contributed by atoms with Crippen molar-refractivity contribution in [3.8, 4) is 0 Å². The topological polar surface area (TPSA) is 27.6 Å². The number of nitrogens with one attached hydrogen (secondary N) is 1. The molecule has 2 aromatic carbocycles. The summed E-state index contributed by atoms with van der Waals surface area (Å²) in [6.45, 7) is 0. The van der Waals surface area contributed by atoms with Gasteiger partial charge in [0.1, 0.15) is 0 Å². The molecule has 0 radical (unpaired) electrons. The summed E-state index contributed by atoms with van der Waals surface area (Å²) in [6, 6.07) is 14.2. The van der Waals surface area contributed by atoms with Gasteiger partial charge in [0.05, 0.1) is 17.5 Å². The Morgan fingerprint density at radius 1 is 1.06 bits per heavy atom. The van der Waals surface area contributed by atoms with Crippen LogP contribution < -0.4 is 5.43 Å². The fraction of sp³-hybridized carbons (Fsp3) is 0. The van der Waals surface area contributed by atoms with Gasteiger partial charge in [0.15, 0.2) is 5.17 Å². The van der Waals surface area contributed by atoms with Crippen molar-refractivity contribution in [1.82, 2.24) is 10.1 Å². The van der Waals surface area contributed by atoms with Crippen LogP contribution in [-0.4, -0.2) is 9.81 Å². The Hall–Kier alpha value is -1.71. The molecule has 0 unspecified atom stereocenters. The first kappa shape index (κ1) is 11.4. The zero-order valence-electron chi connectivity index (χ0n) is 9.27. The minimum Gasteiger partial charge on any atom is -0.266 e. The first-order chi connectivity index (χ1) is 8.74. The maximum Gasteiger partial charge on any atom is 0.154 e. The van der Waals surface area contributed by atoms with Gasteiger partial charge in [-0.2, -0.15) is 0 Å². The lowest BCUT2D eigenvalue weighted by molar-refractivity contribution is 0.425. The molecular formula is C13H9Cl2N3. The van der Waals surface area contributed by atoms with E-state index in [-0.39, 0.29) is 0 Å². The van der Waals surface area contributed by atoms with Crippen LogP contribution in [0.2, 0.25) is 0 Å². The number of hydrazone groups is 1. The number of nitrogens with zero attached hydrogens (tertiary/aromatic N) is 2. The summed E-state index contributed by atoms with van der Waals surface area (Å²) in [4.78, 5) is 0. The molecule has 1 heterocycles. The van der Waals surface area contributed by atoms with E-state index in [2.05, 4.69) is 28.7 Å². The van der Waals surface area contributed by atoms with Crippen LogP contribution in [0.4, 0.5) is 0 Å². The highest BCUT2D eigenvalue weighted by Crippen LogP contribution is 2.25. The summed E-state index contributed by atoms with van der Waals surface area (Å²) in [6.07, 6.45) is 1.75. The number of hydrogen-bond donors (Lipinski definition) is 1. The Kier molecular flexibility index (Phi) is 2.86. The van der Waals surface area contributed by atoms with E-state index in [4.69, 9.17) is 23.4 Å². The van der Waals surface area contributed by atoms with Crippen molar-refractivity contribution in [2.24, 2.45) is 5.10 Å². The highest BCUT2D eigenvalue weighted by Gasteiger charge is 2.13. The zero-order chi connectivity index (χ0) is 12.5. The summed E-state index contributed by atoms with van der Waals surface area (Å²) in [5.74, 6) is 0. The van der Waals surface area contributed by atoms with Gasteiger partial charge in [-0.05, 0) is 10.8 Å². The third kappa shape index (κ3) is 2.03. The molecule has 0 bridgehead atoms. The summed E-state index contributed by atoms with van der Waals surface area (Å²) < 4.78 is 1.08. The molecule has 0 aromatic heterocycles. The highest BCUT2D eigenvalue weighted by atomic mass is 35.5. The van der Waals surface area contributed by atoms with Crippen LogP contribution in [0.1, 0.15) is 5.56 Å². The Morgan fingerprint density at radius 2 is 1.83 bits per heavy atom. The van der Waals surface area contributed by atoms with Gasteiger partial charge in [0.25, 0.3) is 0 Å². The largest absolute Gasteiger partial charge is 0.266 e. The van der Waals surface area contributed by atoms with E-state index in [0.29, 0.717) is 5.17 Å². The van der Waals surface area contributed by atoms with E-state index in [1.165, 1.54) is 0 Å². The molecule has 0 amide bonds. The van der Waals surface area contributed by atoms with Crippen LogP contribution in [0.15, 0.2) is 53.6 Å². The van der Waals surface area contributed by atoms with Gasteiger partial charge in [-0.15, -0.1) is 9.74 Å². The smallest absolute Gasteiger partial charge is 0.154 e. The normalized spacial score (nSPS) is 15.1. The van der Waals surface area contributed by atoms with Crippen molar-refractivity contribution in [2.75, 3.05) is 0 Å². The third-order valence-electron chi connectivity index (χ3n) is 2.74. The lowest BCUT2D eigenvalue weighted by atomic mass is 10.0. The van der Waals surface area contributed by atoms with E-state index >= 15 is 0 Å². The first-order valence-corrected chi connectivity index (χ1v) is 6.12. The lowest BCUT2D eigenvalue weighted by Gasteiger charge is -2.20. The van der Waals surface area contributed by atoms with Crippen LogP contribution in [0, 0.1) is 0 Å². The molecule has 90 valence electrons. The van der Waals surface area contributed by atoms with Crippen LogP contribution >= 0.6 is 23.4 Å². The summed E-state index contributed by atoms with van der Waals surface area (Å²) >= 11 is 11.7. The average molecular weight is 278 g/mol. The van der Waals surface area contributed by atoms with Crippen molar-refractivity contribution in [2.45, 2.75) is 0 Å². The Labute approximate surface area is 114 Å². The Balaban J connectivity index is 2.18. The number of benzene rings is 2. The second-order valence-corrected chi connectivity index (χ2v) is 4.59. The molecule has 5 heteroatoms. The molecule has 1 aliphatic heterocycles. The van der Waals surface area contributed by atoms with Crippen molar-refractivity contribution in [3.05, 3.63) is 54.1 Å². The Bertz CT molecular complexity index is 659. The maximum atomic E-state index is 5.91. The molecular weight excluding hydrogens is 269 g/mol. The number of allylic oxidation sites excluding steroid dienone is 1. The van der Waals surface area contributed by atoms with Gasteiger partial charge >= 0.3 is 0 Å². The number of hydrazine groups is 1. The van der Waals surface area contributed by atoms with Gasteiger partial charge in [0.2, 0.25) is 0 Å². The predicted molar refractivity (Wildman–Crippen MR) is 76.0 cm³/mol. The lowest BCUT2D eigenvalue weighted by Crippen LogP contribution is -2.28. The first-order valence-electron chi connectivity index (χ1n) is 5.40. The van der Waals surface area contributed by atoms with Gasteiger partial charge in [-0.25, -0.2) is 0 Å². The van der Waals surface area contributed by atoms with E-state index < -0.39 is 0 Å². The molecule has 0 aliphatic carbocycles. The highest BCUT2D eigenvalue weighted by molar-refractivity contribution is 6.69. The monoisotopic (exact) mass is 277 g/mol. The number of halogens is 2. The SMILES string of the molecule is ClC1=NN(Cl)NC(c2cccc3ccccc23)=C1. The van der Waals surface area contributed by atoms with Gasteiger partial charge < -0.3 is 0 Å². The van der Waals surface area contributed by atoms with Gasteiger partial charge in [0, 0.05) is 11.6 Å². The third-order valence-corrected chi connectivity index (χ3v) is 3.08. The molecule has 3 rings (SSSR count). The fourth-order valence-corrected chi connectivity index (χ4v) is 2.38. The molecule has 0 saturated heterocycles. The number of hydrogen-bond acceptors (Lipinski definition) is 3. The molecule has 3 nitrogen and oxygen atoms in total. The molecule has 0 atom stereocenters. The molecule has 2 aromatic rings. The molecule has 0 fully saturated rings. The summed E-state index contributed by atoms with van der Waals surface area (Å²) in [5.41, 5.74) is 4.80. The van der Waals surface area contributed by atoms with E-state index in [0.717, 1.165) is 26.7 Å². The minimum absolute atomic E-state index is 0.340. The molecule has 1 N–H and O–H groups in total. The summed E-state index contributed by atoms with van der Waals surface area (Å²) in [7, 11) is 0. The molecule has 0 saturated carbocycles. The average Bonchev–Trinajstić information content (AvgIpc) is 2.37. The molecule has 18 heavy (non-hydrogen) atoms. The van der Waals surface area contributed by atoms with Crippen molar-refractivity contribution in [3.63, 3.8) is 0 Å². The molecule has 1 aliphatic rings. The summed E-state index contributed by atoms with van der Waals surface area (Å²) in [5, 5.41) is 6.47. The van der Waals surface area contributed by atoms with Crippen LogP contribution in [0.25, 0.3) is 16.5 Å². The predicted octanol–water partition coefficient (Wildman–Crippen LogP) is 3.71. The standard InChI is InChI=1S/C13H9Cl2N3/c14-13-8-12(16-18(15)17-13)11-7-3-5-9-4-1-2-6-10(9)11/h1-8,16H. The minimum atomic E-state index is 0.340. The quantitative estimate of drug-likeness (QED) is 0.805. The second-order valence-electron chi connectivity index (χ2n) is 3.88. The Morgan fingerprint density at radius 3 is 2.67 bits per heavy atom. The van der Waals surface area contributed by atoms with Gasteiger partial charge in [-0.3, -0.25) is 5.43 Å². The van der Waals surface area contributed by atoms with Crippen molar-refractivity contribution >= 4 is 45.0 Å². The number of fused-ring (bicyclic) bond motifs is 1. The van der Waals surface area contributed by atoms with E-state index in [1.807, 2.05) is 24.3 Å². The van der Waals surface area contributed by atoms with Crippen LogP contribution in [-0.2, 0) is 0 Å². The molecule has 0 spiro atoms. The number of rotatable bonds is 1. The van der Waals surface area contributed by atoms with Crippen LogP contribution in [0.3, 0.4) is 0 Å².